The molecule has 6 nitrogen and oxygen atoms in total. The van der Waals surface area contributed by atoms with Crippen molar-refractivity contribution in [3.05, 3.63) is 93.8 Å². The number of aryl methyl sites for hydroxylation is 1. The van der Waals surface area contributed by atoms with E-state index in [1.807, 2.05) is 6.07 Å². The molecule has 0 radical (unpaired) electrons. The van der Waals surface area contributed by atoms with Crippen molar-refractivity contribution < 1.29 is 14.0 Å². The number of halogens is 2. The minimum Gasteiger partial charge on any atom is -0.368 e. The summed E-state index contributed by atoms with van der Waals surface area (Å²) in [5, 5.41) is 0.227. The molecule has 2 aromatic carbocycles. The van der Waals surface area contributed by atoms with Gasteiger partial charge in [-0.15, -0.1) is 0 Å². The molecule has 0 saturated heterocycles. The number of primary amides is 1. The molecule has 0 spiro atoms. The van der Waals surface area contributed by atoms with E-state index in [1.165, 1.54) is 23.5 Å². The molecule has 0 saturated carbocycles. The maximum atomic E-state index is 14.6. The van der Waals surface area contributed by atoms with Gasteiger partial charge in [0.2, 0.25) is 5.91 Å². The quantitative estimate of drug-likeness (QED) is 0.653. The van der Waals surface area contributed by atoms with E-state index < -0.39 is 29.7 Å². The van der Waals surface area contributed by atoms with Crippen molar-refractivity contribution in [2.45, 2.75) is 31.8 Å². The first-order valence-corrected chi connectivity index (χ1v) is 10.2. The van der Waals surface area contributed by atoms with E-state index in [2.05, 4.69) is 9.97 Å². The lowest BCUT2D eigenvalue weighted by Gasteiger charge is -2.36. The standard InChI is InChI=1S/C23H20ClFN4O2/c1-13-18(11-27-12-28-13)23(31)29(21(22(26)30)14-5-3-2-4-6-14)20-8-7-16-17(20)9-15(24)10-19(16)25/h2-6,9-12,20-21H,7-8H2,1H3,(H2,26,30)/t20-,21?/m1/s1. The van der Waals surface area contributed by atoms with Gasteiger partial charge < -0.3 is 10.6 Å². The van der Waals surface area contributed by atoms with E-state index in [9.17, 15) is 14.0 Å². The zero-order chi connectivity index (χ0) is 22.1. The molecular weight excluding hydrogens is 419 g/mol. The van der Waals surface area contributed by atoms with Crippen LogP contribution in [-0.2, 0) is 11.2 Å². The van der Waals surface area contributed by atoms with Gasteiger partial charge in [-0.05, 0) is 48.6 Å². The number of hydrogen-bond donors (Lipinski definition) is 1. The highest BCUT2D eigenvalue weighted by Crippen LogP contribution is 2.43. The Labute approximate surface area is 183 Å². The van der Waals surface area contributed by atoms with Crippen molar-refractivity contribution in [2.24, 2.45) is 5.73 Å². The molecule has 2 amide bonds. The maximum absolute atomic E-state index is 14.6. The second kappa shape index (κ2) is 8.43. The van der Waals surface area contributed by atoms with Gasteiger partial charge in [0.05, 0.1) is 17.3 Å². The summed E-state index contributed by atoms with van der Waals surface area (Å²) in [5.74, 6) is -1.57. The second-order valence-electron chi connectivity index (χ2n) is 7.46. The molecule has 31 heavy (non-hydrogen) atoms. The SMILES string of the molecule is Cc1ncncc1C(=O)N(C(C(N)=O)c1ccccc1)[C@@H]1CCc2c(F)cc(Cl)cc21. The summed E-state index contributed by atoms with van der Waals surface area (Å²) in [6.07, 6.45) is 3.60. The van der Waals surface area contributed by atoms with Gasteiger partial charge in [0, 0.05) is 11.2 Å². The van der Waals surface area contributed by atoms with Crippen LogP contribution in [0.3, 0.4) is 0 Å². The number of rotatable bonds is 5. The number of carbonyl (C=O) groups excluding carboxylic acids is 2. The summed E-state index contributed by atoms with van der Waals surface area (Å²) in [6.45, 7) is 1.69. The minimum absolute atomic E-state index is 0.227. The molecule has 0 bridgehead atoms. The summed E-state index contributed by atoms with van der Waals surface area (Å²) in [6, 6.07) is 10.1. The van der Waals surface area contributed by atoms with Gasteiger partial charge in [0.15, 0.2) is 0 Å². The van der Waals surface area contributed by atoms with Crippen molar-refractivity contribution in [3.8, 4) is 0 Å². The molecule has 1 unspecified atom stereocenters. The highest BCUT2D eigenvalue weighted by molar-refractivity contribution is 6.30. The third kappa shape index (κ3) is 3.88. The number of nitrogens with two attached hydrogens (primary N) is 1. The average molecular weight is 439 g/mol. The second-order valence-corrected chi connectivity index (χ2v) is 7.90. The predicted octanol–water partition coefficient (Wildman–Crippen LogP) is 3.93. The molecule has 1 heterocycles. The lowest BCUT2D eigenvalue weighted by molar-refractivity contribution is -0.123. The number of nitrogens with zero attached hydrogens (tertiary/aromatic N) is 3. The van der Waals surface area contributed by atoms with Crippen LogP contribution in [0.5, 0.6) is 0 Å². The molecule has 0 aliphatic heterocycles. The fourth-order valence-electron chi connectivity index (χ4n) is 4.19. The fourth-order valence-corrected chi connectivity index (χ4v) is 4.40. The smallest absolute Gasteiger partial charge is 0.258 e. The van der Waals surface area contributed by atoms with Crippen molar-refractivity contribution >= 4 is 23.4 Å². The van der Waals surface area contributed by atoms with Gasteiger partial charge in [-0.1, -0.05) is 41.9 Å². The topological polar surface area (TPSA) is 89.2 Å². The normalized spacial score (nSPS) is 15.9. The number of fused-ring (bicyclic) bond motifs is 1. The molecule has 1 aromatic heterocycles. The molecule has 4 rings (SSSR count). The van der Waals surface area contributed by atoms with Crippen LogP contribution >= 0.6 is 11.6 Å². The molecule has 8 heteroatoms. The van der Waals surface area contributed by atoms with Crippen molar-refractivity contribution in [1.29, 1.82) is 0 Å². The van der Waals surface area contributed by atoms with E-state index in [0.717, 1.165) is 0 Å². The first kappa shape index (κ1) is 20.9. The van der Waals surface area contributed by atoms with E-state index in [-0.39, 0.29) is 10.6 Å². The van der Waals surface area contributed by atoms with E-state index in [0.29, 0.717) is 35.2 Å². The molecule has 1 aliphatic rings. The van der Waals surface area contributed by atoms with Crippen LogP contribution in [0.4, 0.5) is 4.39 Å². The van der Waals surface area contributed by atoms with Crippen LogP contribution in [0.2, 0.25) is 5.02 Å². The Morgan fingerprint density at radius 2 is 2.00 bits per heavy atom. The van der Waals surface area contributed by atoms with Gasteiger partial charge in [-0.3, -0.25) is 9.59 Å². The maximum Gasteiger partial charge on any atom is 0.258 e. The van der Waals surface area contributed by atoms with Crippen molar-refractivity contribution in [2.75, 3.05) is 0 Å². The van der Waals surface area contributed by atoms with Crippen LogP contribution in [0.25, 0.3) is 0 Å². The molecule has 3 aromatic rings. The van der Waals surface area contributed by atoms with Crippen LogP contribution in [-0.4, -0.2) is 26.7 Å². The van der Waals surface area contributed by atoms with E-state index in [4.69, 9.17) is 17.3 Å². The lowest BCUT2D eigenvalue weighted by atomic mass is 9.98. The van der Waals surface area contributed by atoms with Crippen LogP contribution in [0, 0.1) is 12.7 Å². The largest absolute Gasteiger partial charge is 0.368 e. The number of amides is 2. The summed E-state index contributed by atoms with van der Waals surface area (Å²) >= 11 is 6.12. The Bertz CT molecular complexity index is 1160. The number of hydrogen-bond acceptors (Lipinski definition) is 4. The monoisotopic (exact) mass is 438 g/mol. The van der Waals surface area contributed by atoms with Gasteiger partial charge in [0.25, 0.3) is 5.91 Å². The summed E-state index contributed by atoms with van der Waals surface area (Å²) in [5.41, 5.74) is 8.16. The molecule has 0 fully saturated rings. The highest BCUT2D eigenvalue weighted by Gasteiger charge is 2.40. The summed E-state index contributed by atoms with van der Waals surface area (Å²) in [7, 11) is 0. The highest BCUT2D eigenvalue weighted by atomic mass is 35.5. The van der Waals surface area contributed by atoms with Gasteiger partial charge >= 0.3 is 0 Å². The fraction of sp³-hybridized carbons (Fsp3) is 0.217. The van der Waals surface area contributed by atoms with E-state index >= 15 is 0 Å². The first-order chi connectivity index (χ1) is 14.9. The number of aromatic nitrogens is 2. The van der Waals surface area contributed by atoms with E-state index in [1.54, 1.807) is 37.3 Å². The zero-order valence-electron chi connectivity index (χ0n) is 16.8. The molecule has 2 atom stereocenters. The van der Waals surface area contributed by atoms with Gasteiger partial charge in [-0.2, -0.15) is 0 Å². The Balaban J connectivity index is 1.90. The Kier molecular flexibility index (Phi) is 5.69. The van der Waals surface area contributed by atoms with Gasteiger partial charge in [-0.25, -0.2) is 14.4 Å². The molecular formula is C23H20ClFN4O2. The first-order valence-electron chi connectivity index (χ1n) is 9.79. The van der Waals surface area contributed by atoms with Crippen LogP contribution in [0.15, 0.2) is 55.0 Å². The van der Waals surface area contributed by atoms with Gasteiger partial charge in [0.1, 0.15) is 18.2 Å². The third-order valence-corrected chi connectivity index (χ3v) is 5.81. The number of benzene rings is 2. The molecule has 158 valence electrons. The zero-order valence-corrected chi connectivity index (χ0v) is 17.5. The molecule has 2 N–H and O–H groups in total. The summed E-state index contributed by atoms with van der Waals surface area (Å²) < 4.78 is 14.6. The lowest BCUT2D eigenvalue weighted by Crippen LogP contribution is -2.43. The minimum atomic E-state index is -1.06. The Morgan fingerprint density at radius 3 is 2.68 bits per heavy atom. The third-order valence-electron chi connectivity index (χ3n) is 5.60. The predicted molar refractivity (Wildman–Crippen MR) is 114 cm³/mol. The number of carbonyl (C=O) groups is 2. The van der Waals surface area contributed by atoms with Crippen molar-refractivity contribution in [3.63, 3.8) is 0 Å². The molecule has 1 aliphatic carbocycles. The average Bonchev–Trinajstić information content (AvgIpc) is 3.16. The Morgan fingerprint density at radius 1 is 1.26 bits per heavy atom. The van der Waals surface area contributed by atoms with Crippen LogP contribution in [0.1, 0.15) is 51.2 Å². The van der Waals surface area contributed by atoms with Crippen LogP contribution < -0.4 is 5.73 Å². The van der Waals surface area contributed by atoms with Crippen molar-refractivity contribution in [1.82, 2.24) is 14.9 Å². The Hall–Kier alpha value is -3.32. The summed E-state index contributed by atoms with van der Waals surface area (Å²) in [4.78, 5) is 35.9.